The van der Waals surface area contributed by atoms with Gasteiger partial charge in [0.15, 0.2) is 0 Å². The molecule has 0 aromatic rings. The lowest BCUT2D eigenvalue weighted by molar-refractivity contribution is -0.205. The highest BCUT2D eigenvalue weighted by Gasteiger charge is 2.50. The van der Waals surface area contributed by atoms with Gasteiger partial charge in [-0.1, -0.05) is 19.3 Å². The summed E-state index contributed by atoms with van der Waals surface area (Å²) in [5.74, 6) is 1.34. The van der Waals surface area contributed by atoms with Crippen LogP contribution in [0.15, 0.2) is 0 Å². The molecule has 0 bridgehead atoms. The second-order valence-electron chi connectivity index (χ2n) is 5.40. The van der Waals surface area contributed by atoms with Crippen molar-refractivity contribution >= 4 is 5.91 Å². The molecule has 1 heterocycles. The summed E-state index contributed by atoms with van der Waals surface area (Å²) in [5.41, 5.74) is 0. The van der Waals surface area contributed by atoms with E-state index in [1.54, 1.807) is 0 Å². The molecule has 2 unspecified atom stereocenters. The van der Waals surface area contributed by atoms with E-state index in [2.05, 4.69) is 0 Å². The third-order valence-electron chi connectivity index (χ3n) is 4.76. The fraction of sp³-hybridized carbons (Fsp3) is 0.917. The Morgan fingerprint density at radius 2 is 1.73 bits per heavy atom. The normalized spacial score (nSPS) is 45.1. The van der Waals surface area contributed by atoms with E-state index in [-0.39, 0.29) is 17.9 Å². The zero-order valence-electron chi connectivity index (χ0n) is 9.06. The number of hydroxylamine groups is 2. The van der Waals surface area contributed by atoms with E-state index in [9.17, 15) is 10.0 Å². The van der Waals surface area contributed by atoms with E-state index >= 15 is 0 Å². The van der Waals surface area contributed by atoms with Gasteiger partial charge in [0, 0.05) is 5.92 Å². The zero-order chi connectivity index (χ0) is 10.4. The molecule has 1 saturated heterocycles. The quantitative estimate of drug-likeness (QED) is 0.621. The Kier molecular flexibility index (Phi) is 2.23. The first kappa shape index (κ1) is 9.64. The van der Waals surface area contributed by atoms with Gasteiger partial charge in [-0.25, -0.2) is 5.06 Å². The smallest absolute Gasteiger partial charge is 0.249 e. The van der Waals surface area contributed by atoms with Crippen LogP contribution in [0.4, 0.5) is 0 Å². The predicted molar refractivity (Wildman–Crippen MR) is 55.2 cm³/mol. The van der Waals surface area contributed by atoms with Crippen LogP contribution >= 0.6 is 0 Å². The Balaban J connectivity index is 1.89. The molecular formula is C12H19NO2. The van der Waals surface area contributed by atoms with Crippen molar-refractivity contribution in [3.05, 3.63) is 0 Å². The van der Waals surface area contributed by atoms with Crippen molar-refractivity contribution in [2.75, 3.05) is 0 Å². The van der Waals surface area contributed by atoms with Gasteiger partial charge < -0.3 is 0 Å². The SMILES string of the molecule is O=C1[C@H]2CCCC2C2CCCC[C@@H]2N1O. The number of hydrogen-bond donors (Lipinski definition) is 1. The second-order valence-corrected chi connectivity index (χ2v) is 5.40. The second kappa shape index (κ2) is 3.48. The van der Waals surface area contributed by atoms with Crippen LogP contribution in [0.3, 0.4) is 0 Å². The first-order valence-corrected chi connectivity index (χ1v) is 6.31. The molecule has 0 aromatic carbocycles. The molecule has 84 valence electrons. The van der Waals surface area contributed by atoms with Gasteiger partial charge in [-0.05, 0) is 37.5 Å². The molecule has 2 saturated carbocycles. The Hall–Kier alpha value is -0.570. The summed E-state index contributed by atoms with van der Waals surface area (Å²) >= 11 is 0. The minimum atomic E-state index is 0.0145. The monoisotopic (exact) mass is 209 g/mol. The molecule has 0 aromatic heterocycles. The largest absolute Gasteiger partial charge is 0.286 e. The Morgan fingerprint density at radius 3 is 2.60 bits per heavy atom. The zero-order valence-corrected chi connectivity index (χ0v) is 9.06. The highest BCUT2D eigenvalue weighted by Crippen LogP contribution is 2.48. The maximum atomic E-state index is 11.9. The fourth-order valence-corrected chi connectivity index (χ4v) is 4.08. The topological polar surface area (TPSA) is 40.5 Å². The van der Waals surface area contributed by atoms with Gasteiger partial charge in [0.1, 0.15) is 0 Å². The van der Waals surface area contributed by atoms with Crippen molar-refractivity contribution in [2.24, 2.45) is 17.8 Å². The number of nitrogens with zero attached hydrogens (tertiary/aromatic N) is 1. The number of piperidine rings is 1. The van der Waals surface area contributed by atoms with Crippen LogP contribution in [0.2, 0.25) is 0 Å². The van der Waals surface area contributed by atoms with E-state index in [0.29, 0.717) is 11.8 Å². The van der Waals surface area contributed by atoms with E-state index in [4.69, 9.17) is 0 Å². The Labute approximate surface area is 90.4 Å². The molecule has 3 heteroatoms. The van der Waals surface area contributed by atoms with Crippen LogP contribution < -0.4 is 0 Å². The van der Waals surface area contributed by atoms with Crippen LogP contribution in [-0.4, -0.2) is 22.2 Å². The lowest BCUT2D eigenvalue weighted by Crippen LogP contribution is -2.54. The molecule has 2 aliphatic carbocycles. The molecule has 1 aliphatic heterocycles. The third-order valence-corrected chi connectivity index (χ3v) is 4.76. The lowest BCUT2D eigenvalue weighted by atomic mass is 9.69. The van der Waals surface area contributed by atoms with Gasteiger partial charge in [-0.15, -0.1) is 0 Å². The molecule has 3 aliphatic rings. The highest BCUT2D eigenvalue weighted by molar-refractivity contribution is 5.79. The molecule has 0 radical (unpaired) electrons. The highest BCUT2D eigenvalue weighted by atomic mass is 16.5. The first-order chi connectivity index (χ1) is 7.29. The van der Waals surface area contributed by atoms with Crippen molar-refractivity contribution < 1.29 is 10.0 Å². The maximum Gasteiger partial charge on any atom is 0.249 e. The average molecular weight is 209 g/mol. The summed E-state index contributed by atoms with van der Waals surface area (Å²) in [4.78, 5) is 11.9. The summed E-state index contributed by atoms with van der Waals surface area (Å²) in [7, 11) is 0. The molecule has 3 rings (SSSR count). The van der Waals surface area contributed by atoms with E-state index in [1.165, 1.54) is 32.1 Å². The summed E-state index contributed by atoms with van der Waals surface area (Å²) in [5, 5.41) is 11.0. The summed E-state index contributed by atoms with van der Waals surface area (Å²) in [6, 6.07) is 0.144. The molecule has 0 spiro atoms. The number of hydrogen-bond acceptors (Lipinski definition) is 2. The Morgan fingerprint density at radius 1 is 1.00 bits per heavy atom. The van der Waals surface area contributed by atoms with Gasteiger partial charge in [-0.2, -0.15) is 0 Å². The van der Waals surface area contributed by atoms with E-state index in [1.807, 2.05) is 0 Å². The van der Waals surface area contributed by atoms with Crippen LogP contribution in [0.1, 0.15) is 44.9 Å². The summed E-state index contributed by atoms with van der Waals surface area (Å²) in [6.07, 6.45) is 8.08. The van der Waals surface area contributed by atoms with Gasteiger partial charge in [0.2, 0.25) is 5.91 Å². The lowest BCUT2D eigenvalue weighted by Gasteiger charge is -2.46. The number of carbonyl (C=O) groups is 1. The molecular weight excluding hydrogens is 190 g/mol. The van der Waals surface area contributed by atoms with Crippen molar-refractivity contribution in [1.82, 2.24) is 5.06 Å². The molecule has 3 nitrogen and oxygen atoms in total. The number of carbonyl (C=O) groups excluding carboxylic acids is 1. The first-order valence-electron chi connectivity index (χ1n) is 6.31. The molecule has 1 N–H and O–H groups in total. The van der Waals surface area contributed by atoms with Crippen LogP contribution in [0, 0.1) is 17.8 Å². The number of amides is 1. The van der Waals surface area contributed by atoms with Crippen LogP contribution in [0.25, 0.3) is 0 Å². The van der Waals surface area contributed by atoms with Gasteiger partial charge in [0.25, 0.3) is 0 Å². The van der Waals surface area contributed by atoms with Crippen LogP contribution in [0.5, 0.6) is 0 Å². The standard InChI is InChI=1S/C12H19NO2/c14-12-10-6-3-5-8(10)9-4-1-2-7-11(9)13(12)15/h8-11,15H,1-7H2/t8?,9?,10-,11-/m0/s1. The Bertz CT molecular complexity index is 277. The summed E-state index contributed by atoms with van der Waals surface area (Å²) in [6.45, 7) is 0. The minimum Gasteiger partial charge on any atom is -0.286 e. The van der Waals surface area contributed by atoms with E-state index < -0.39 is 0 Å². The van der Waals surface area contributed by atoms with Crippen molar-refractivity contribution in [1.29, 1.82) is 0 Å². The molecule has 3 fully saturated rings. The van der Waals surface area contributed by atoms with Crippen molar-refractivity contribution in [3.8, 4) is 0 Å². The van der Waals surface area contributed by atoms with Crippen molar-refractivity contribution in [3.63, 3.8) is 0 Å². The number of fused-ring (bicyclic) bond motifs is 3. The maximum absolute atomic E-state index is 11.9. The molecule has 15 heavy (non-hydrogen) atoms. The number of rotatable bonds is 0. The summed E-state index contributed by atoms with van der Waals surface area (Å²) < 4.78 is 0. The predicted octanol–water partition coefficient (Wildman–Crippen LogP) is 2.19. The van der Waals surface area contributed by atoms with Gasteiger partial charge in [-0.3, -0.25) is 10.0 Å². The van der Waals surface area contributed by atoms with Crippen LogP contribution in [-0.2, 0) is 4.79 Å². The third kappa shape index (κ3) is 1.32. The fourth-order valence-electron chi connectivity index (χ4n) is 4.08. The van der Waals surface area contributed by atoms with Gasteiger partial charge >= 0.3 is 0 Å². The molecule has 1 amide bonds. The van der Waals surface area contributed by atoms with E-state index in [0.717, 1.165) is 17.9 Å². The average Bonchev–Trinajstić information content (AvgIpc) is 2.75. The minimum absolute atomic E-state index is 0.0145. The van der Waals surface area contributed by atoms with Gasteiger partial charge in [0.05, 0.1) is 6.04 Å². The van der Waals surface area contributed by atoms with Crippen molar-refractivity contribution in [2.45, 2.75) is 51.0 Å². The molecule has 4 atom stereocenters.